The molecule has 162 valence electrons. The van der Waals surface area contributed by atoms with Gasteiger partial charge >= 0.3 is 12.1 Å². The summed E-state index contributed by atoms with van der Waals surface area (Å²) in [5, 5.41) is 12.0. The van der Waals surface area contributed by atoms with Gasteiger partial charge in [0, 0.05) is 18.9 Å². The molecule has 3 rings (SSSR count). The van der Waals surface area contributed by atoms with Crippen molar-refractivity contribution in [1.29, 1.82) is 0 Å². The first-order chi connectivity index (χ1) is 14.2. The Morgan fingerprint density at radius 2 is 1.93 bits per heavy atom. The number of aromatic nitrogens is 3. The van der Waals surface area contributed by atoms with E-state index < -0.39 is 29.4 Å². The zero-order valence-corrected chi connectivity index (χ0v) is 16.2. The first-order valence-electron chi connectivity index (χ1n) is 9.82. The highest BCUT2D eigenvalue weighted by molar-refractivity contribution is 5.87. The van der Waals surface area contributed by atoms with E-state index in [-0.39, 0.29) is 12.1 Å². The molecule has 30 heavy (non-hydrogen) atoms. The molecule has 0 saturated heterocycles. The van der Waals surface area contributed by atoms with Crippen molar-refractivity contribution < 1.29 is 23.1 Å². The predicted octanol–water partition coefficient (Wildman–Crippen LogP) is 3.98. The molecule has 0 bridgehead atoms. The van der Waals surface area contributed by atoms with Crippen LogP contribution in [-0.4, -0.2) is 32.2 Å². The molecule has 10 heteroatoms. The largest absolute Gasteiger partial charge is 0.478 e. The lowest BCUT2D eigenvalue weighted by atomic mass is 9.84. The highest BCUT2D eigenvalue weighted by Gasteiger charge is 2.34. The van der Waals surface area contributed by atoms with E-state index in [1.54, 1.807) is 0 Å². The minimum absolute atomic E-state index is 0.0273. The van der Waals surface area contributed by atoms with Gasteiger partial charge in [0.25, 0.3) is 5.56 Å². The van der Waals surface area contributed by atoms with Gasteiger partial charge in [0.1, 0.15) is 5.82 Å². The zero-order valence-electron chi connectivity index (χ0n) is 16.2. The van der Waals surface area contributed by atoms with Crippen LogP contribution in [0.15, 0.2) is 35.5 Å². The number of pyridine rings is 1. The topological polar surface area (TPSA) is 97.1 Å². The van der Waals surface area contributed by atoms with Crippen molar-refractivity contribution >= 4 is 11.8 Å². The van der Waals surface area contributed by atoms with Gasteiger partial charge in [-0.2, -0.15) is 13.2 Å². The molecule has 1 saturated carbocycles. The van der Waals surface area contributed by atoms with E-state index in [0.717, 1.165) is 42.9 Å². The fraction of sp³-hybridized carbons (Fsp3) is 0.500. The fourth-order valence-electron chi connectivity index (χ4n) is 3.80. The third kappa shape index (κ3) is 5.58. The van der Waals surface area contributed by atoms with Crippen LogP contribution in [0.25, 0.3) is 0 Å². The lowest BCUT2D eigenvalue weighted by molar-refractivity contribution is -0.141. The lowest BCUT2D eigenvalue weighted by Crippen LogP contribution is -2.32. The second-order valence-corrected chi connectivity index (χ2v) is 7.53. The standard InChI is InChI=1S/C20H23F3N4O3/c21-20(22,23)16-12-27(18(28)11-24-16)15(8-13-4-2-1-3-5-13)10-26-17-7-6-14(9-25-17)19(29)30/h6-7,9,11-13,15H,1-5,8,10H2,(H,25,26)(H,29,30). The van der Waals surface area contributed by atoms with E-state index in [4.69, 9.17) is 5.11 Å². The molecule has 1 fully saturated rings. The summed E-state index contributed by atoms with van der Waals surface area (Å²) >= 11 is 0. The fourth-order valence-corrected chi connectivity index (χ4v) is 3.80. The Hall–Kier alpha value is -2.91. The summed E-state index contributed by atoms with van der Waals surface area (Å²) in [5.74, 6) is -0.402. The predicted molar refractivity (Wildman–Crippen MR) is 103 cm³/mol. The molecule has 2 aromatic heterocycles. The van der Waals surface area contributed by atoms with Gasteiger partial charge in [-0.05, 0) is 24.5 Å². The average molecular weight is 424 g/mol. The molecule has 1 atom stereocenters. The molecule has 7 nitrogen and oxygen atoms in total. The molecule has 0 aromatic carbocycles. The van der Waals surface area contributed by atoms with Gasteiger partial charge in [-0.15, -0.1) is 0 Å². The summed E-state index contributed by atoms with van der Waals surface area (Å²) < 4.78 is 40.5. The quantitative estimate of drug-likeness (QED) is 0.698. The van der Waals surface area contributed by atoms with Crippen LogP contribution in [-0.2, 0) is 6.18 Å². The summed E-state index contributed by atoms with van der Waals surface area (Å²) in [7, 11) is 0. The van der Waals surface area contributed by atoms with Crippen LogP contribution in [0.3, 0.4) is 0 Å². The van der Waals surface area contributed by atoms with Crippen molar-refractivity contribution in [3.8, 4) is 0 Å². The number of carbonyl (C=O) groups is 1. The van der Waals surface area contributed by atoms with Gasteiger partial charge in [0.2, 0.25) is 0 Å². The van der Waals surface area contributed by atoms with Crippen molar-refractivity contribution in [1.82, 2.24) is 14.5 Å². The second-order valence-electron chi connectivity index (χ2n) is 7.53. The van der Waals surface area contributed by atoms with Gasteiger partial charge in [0.15, 0.2) is 5.69 Å². The SMILES string of the molecule is O=C(O)c1ccc(NCC(CC2CCCCC2)n2cc(C(F)(F)F)ncc2=O)nc1. The smallest absolute Gasteiger partial charge is 0.434 e. The first-order valence-corrected chi connectivity index (χ1v) is 9.82. The Labute approximate surface area is 171 Å². The summed E-state index contributed by atoms with van der Waals surface area (Å²) in [6.45, 7) is 0.178. The molecule has 0 aliphatic heterocycles. The lowest BCUT2D eigenvalue weighted by Gasteiger charge is -2.28. The number of carboxylic acids is 1. The van der Waals surface area contributed by atoms with E-state index in [2.05, 4.69) is 15.3 Å². The monoisotopic (exact) mass is 424 g/mol. The molecule has 0 radical (unpaired) electrons. The number of nitrogens with zero attached hydrogens (tertiary/aromatic N) is 3. The Kier molecular flexibility index (Phi) is 6.73. The summed E-state index contributed by atoms with van der Waals surface area (Å²) in [4.78, 5) is 30.5. The van der Waals surface area contributed by atoms with Crippen molar-refractivity contribution in [2.75, 3.05) is 11.9 Å². The maximum atomic E-state index is 13.1. The third-order valence-electron chi connectivity index (χ3n) is 5.37. The normalized spacial score (nSPS) is 16.2. The Balaban J connectivity index is 1.83. The number of nitrogens with one attached hydrogen (secondary N) is 1. The van der Waals surface area contributed by atoms with Gasteiger partial charge in [0.05, 0.1) is 17.8 Å². The van der Waals surface area contributed by atoms with E-state index in [9.17, 15) is 22.8 Å². The number of halogens is 3. The molecule has 2 N–H and O–H groups in total. The molecule has 1 aliphatic carbocycles. The maximum Gasteiger partial charge on any atom is 0.434 e. The number of anilines is 1. The number of rotatable bonds is 7. The van der Waals surface area contributed by atoms with E-state index >= 15 is 0 Å². The van der Waals surface area contributed by atoms with E-state index in [0.29, 0.717) is 24.4 Å². The van der Waals surface area contributed by atoms with Crippen molar-refractivity contribution in [3.05, 3.63) is 52.3 Å². The third-order valence-corrected chi connectivity index (χ3v) is 5.37. The average Bonchev–Trinajstić information content (AvgIpc) is 2.72. The Morgan fingerprint density at radius 1 is 1.20 bits per heavy atom. The zero-order chi connectivity index (χ0) is 21.7. The molecule has 2 heterocycles. The van der Waals surface area contributed by atoms with Crippen LogP contribution in [0.5, 0.6) is 0 Å². The van der Waals surface area contributed by atoms with Gasteiger partial charge < -0.3 is 15.0 Å². The maximum absolute atomic E-state index is 13.1. The highest BCUT2D eigenvalue weighted by Crippen LogP contribution is 2.32. The van der Waals surface area contributed by atoms with Crippen LogP contribution in [0, 0.1) is 5.92 Å². The second kappa shape index (κ2) is 9.27. The number of hydrogen-bond donors (Lipinski definition) is 2. The summed E-state index contributed by atoms with van der Waals surface area (Å²) in [5.41, 5.74) is -1.68. The van der Waals surface area contributed by atoms with Crippen LogP contribution in [0.2, 0.25) is 0 Å². The Bertz CT molecular complexity index is 922. The van der Waals surface area contributed by atoms with E-state index in [1.807, 2.05) is 0 Å². The summed E-state index contributed by atoms with van der Waals surface area (Å²) in [6.07, 6.45) is 3.84. The number of hydrogen-bond acceptors (Lipinski definition) is 5. The molecule has 1 aliphatic rings. The molecular formula is C20H23F3N4O3. The van der Waals surface area contributed by atoms with Crippen LogP contribution >= 0.6 is 0 Å². The highest BCUT2D eigenvalue weighted by atomic mass is 19.4. The van der Waals surface area contributed by atoms with E-state index in [1.165, 1.54) is 18.3 Å². The Morgan fingerprint density at radius 3 is 2.53 bits per heavy atom. The van der Waals surface area contributed by atoms with Crippen molar-refractivity contribution in [2.45, 2.75) is 50.7 Å². The van der Waals surface area contributed by atoms with Crippen LogP contribution in [0.4, 0.5) is 19.0 Å². The van der Waals surface area contributed by atoms with Crippen molar-refractivity contribution in [3.63, 3.8) is 0 Å². The van der Waals surface area contributed by atoms with Gasteiger partial charge in [-0.1, -0.05) is 32.1 Å². The molecule has 0 spiro atoms. The van der Waals surface area contributed by atoms with Gasteiger partial charge in [-0.25, -0.2) is 14.8 Å². The molecular weight excluding hydrogens is 401 g/mol. The number of carboxylic acid groups (broad SMARTS) is 1. The molecule has 2 aromatic rings. The summed E-state index contributed by atoms with van der Waals surface area (Å²) in [6, 6.07) is 2.34. The van der Waals surface area contributed by atoms with Crippen LogP contribution in [0.1, 0.15) is 60.6 Å². The first kappa shape index (κ1) is 21.8. The molecule has 1 unspecified atom stereocenters. The van der Waals surface area contributed by atoms with Crippen molar-refractivity contribution in [2.24, 2.45) is 5.92 Å². The minimum Gasteiger partial charge on any atom is -0.478 e. The number of alkyl halides is 3. The van der Waals surface area contributed by atoms with Gasteiger partial charge in [-0.3, -0.25) is 4.79 Å². The number of aromatic carboxylic acids is 1. The minimum atomic E-state index is -4.65. The van der Waals surface area contributed by atoms with Crippen LogP contribution < -0.4 is 10.9 Å². The molecule has 0 amide bonds.